The highest BCUT2D eigenvalue weighted by molar-refractivity contribution is 7.93. The van der Waals surface area contributed by atoms with E-state index in [1.165, 1.54) is 13.8 Å². The van der Waals surface area contributed by atoms with Crippen molar-refractivity contribution in [3.05, 3.63) is 35.9 Å². The van der Waals surface area contributed by atoms with E-state index in [1.54, 1.807) is 24.3 Å². The van der Waals surface area contributed by atoms with Gasteiger partial charge < -0.3 is 10.8 Å². The summed E-state index contributed by atoms with van der Waals surface area (Å²) in [5.41, 5.74) is 5.88. The summed E-state index contributed by atoms with van der Waals surface area (Å²) < 4.78 is 24.3. The zero-order valence-corrected chi connectivity index (χ0v) is 11.9. The molecule has 19 heavy (non-hydrogen) atoms. The maximum absolute atomic E-state index is 12.2. The normalized spacial score (nSPS) is 15.2. The molecule has 0 aliphatic rings. The Morgan fingerprint density at radius 2 is 1.84 bits per heavy atom. The SMILES string of the molecule is CC(C)C(O)(C(N)=O)S(=O)(=O)CCc1ccccc1. The monoisotopic (exact) mass is 285 g/mol. The van der Waals surface area contributed by atoms with Gasteiger partial charge >= 0.3 is 0 Å². The summed E-state index contributed by atoms with van der Waals surface area (Å²) in [7, 11) is -4.04. The number of benzene rings is 1. The number of amides is 1. The number of hydrogen-bond acceptors (Lipinski definition) is 4. The summed E-state index contributed by atoms with van der Waals surface area (Å²) in [6.45, 7) is 2.90. The molecule has 1 aromatic rings. The minimum atomic E-state index is -4.04. The third kappa shape index (κ3) is 3.13. The molecular weight excluding hydrogens is 266 g/mol. The van der Waals surface area contributed by atoms with Crippen molar-refractivity contribution >= 4 is 15.7 Å². The average Bonchev–Trinajstić information content (AvgIpc) is 2.36. The molecule has 1 amide bonds. The van der Waals surface area contributed by atoms with E-state index < -0.39 is 26.6 Å². The predicted octanol–water partition coefficient (Wildman–Crippen LogP) is 0.474. The number of nitrogens with two attached hydrogens (primary N) is 1. The fourth-order valence-corrected chi connectivity index (χ4v) is 3.69. The summed E-state index contributed by atoms with van der Waals surface area (Å²) in [6.07, 6.45) is 0.228. The van der Waals surface area contributed by atoms with Crippen molar-refractivity contribution in [3.63, 3.8) is 0 Å². The maximum atomic E-state index is 12.2. The number of rotatable bonds is 6. The lowest BCUT2D eigenvalue weighted by Crippen LogP contribution is -2.55. The van der Waals surface area contributed by atoms with Crippen molar-refractivity contribution in [3.8, 4) is 0 Å². The van der Waals surface area contributed by atoms with Crippen LogP contribution in [0.15, 0.2) is 30.3 Å². The molecule has 6 heteroatoms. The highest BCUT2D eigenvalue weighted by atomic mass is 32.2. The van der Waals surface area contributed by atoms with Crippen molar-refractivity contribution in [2.45, 2.75) is 25.2 Å². The molecule has 106 valence electrons. The molecule has 1 rings (SSSR count). The first-order valence-electron chi connectivity index (χ1n) is 6.00. The summed E-state index contributed by atoms with van der Waals surface area (Å²) >= 11 is 0. The molecule has 0 aliphatic heterocycles. The number of hydrogen-bond donors (Lipinski definition) is 2. The summed E-state index contributed by atoms with van der Waals surface area (Å²) in [5, 5.41) is 10.1. The van der Waals surface area contributed by atoms with Gasteiger partial charge in [-0.2, -0.15) is 0 Å². The van der Waals surface area contributed by atoms with Gasteiger partial charge in [0.1, 0.15) is 0 Å². The minimum Gasteiger partial charge on any atom is -0.367 e. The van der Waals surface area contributed by atoms with Crippen LogP contribution >= 0.6 is 0 Å². The van der Waals surface area contributed by atoms with Gasteiger partial charge in [-0.25, -0.2) is 8.42 Å². The van der Waals surface area contributed by atoms with Crippen LogP contribution in [0.4, 0.5) is 0 Å². The van der Waals surface area contributed by atoms with E-state index in [0.717, 1.165) is 5.56 Å². The third-order valence-corrected chi connectivity index (χ3v) is 5.47. The van der Waals surface area contributed by atoms with Gasteiger partial charge in [-0.1, -0.05) is 44.2 Å². The van der Waals surface area contributed by atoms with E-state index in [-0.39, 0.29) is 12.2 Å². The van der Waals surface area contributed by atoms with Crippen LogP contribution in [0.3, 0.4) is 0 Å². The van der Waals surface area contributed by atoms with E-state index in [9.17, 15) is 18.3 Å². The second kappa shape index (κ2) is 5.71. The van der Waals surface area contributed by atoms with Gasteiger partial charge in [0, 0.05) is 5.92 Å². The highest BCUT2D eigenvalue weighted by Gasteiger charge is 2.49. The number of carbonyl (C=O) groups is 1. The first-order chi connectivity index (χ1) is 8.72. The van der Waals surface area contributed by atoms with E-state index in [0.29, 0.717) is 0 Å². The molecular formula is C13H19NO4S. The van der Waals surface area contributed by atoms with Gasteiger partial charge in [0.2, 0.25) is 4.93 Å². The number of primary amides is 1. The van der Waals surface area contributed by atoms with Crippen molar-refractivity contribution in [1.29, 1.82) is 0 Å². The Morgan fingerprint density at radius 3 is 2.26 bits per heavy atom. The van der Waals surface area contributed by atoms with Crippen molar-refractivity contribution in [2.75, 3.05) is 5.75 Å². The van der Waals surface area contributed by atoms with Crippen LogP contribution in [-0.4, -0.2) is 30.1 Å². The van der Waals surface area contributed by atoms with Crippen molar-refractivity contribution in [2.24, 2.45) is 11.7 Å². The molecule has 0 heterocycles. The molecule has 0 saturated heterocycles. The number of aryl methyl sites for hydroxylation is 1. The molecule has 0 fully saturated rings. The van der Waals surface area contributed by atoms with Crippen LogP contribution in [0.2, 0.25) is 0 Å². The first kappa shape index (κ1) is 15.7. The minimum absolute atomic E-state index is 0.228. The van der Waals surface area contributed by atoms with E-state index in [1.807, 2.05) is 6.07 Å². The Kier molecular flexibility index (Phi) is 4.70. The standard InChI is InChI=1S/C13H19NO4S/c1-10(2)13(16,12(14)15)19(17,18)9-8-11-6-4-3-5-7-11/h3-7,10,16H,8-9H2,1-2H3,(H2,14,15). The van der Waals surface area contributed by atoms with Gasteiger partial charge in [0.15, 0.2) is 9.84 Å². The first-order valence-corrected chi connectivity index (χ1v) is 7.65. The molecule has 0 radical (unpaired) electrons. The Morgan fingerprint density at radius 1 is 1.32 bits per heavy atom. The van der Waals surface area contributed by atoms with Gasteiger partial charge in [-0.15, -0.1) is 0 Å². The summed E-state index contributed by atoms with van der Waals surface area (Å²) in [5.74, 6) is -2.35. The fourth-order valence-electron chi connectivity index (χ4n) is 1.85. The second-order valence-electron chi connectivity index (χ2n) is 4.77. The summed E-state index contributed by atoms with van der Waals surface area (Å²) in [4.78, 5) is 8.80. The van der Waals surface area contributed by atoms with E-state index in [2.05, 4.69) is 0 Å². The van der Waals surface area contributed by atoms with Crippen LogP contribution in [0.25, 0.3) is 0 Å². The number of carbonyl (C=O) groups excluding carboxylic acids is 1. The fraction of sp³-hybridized carbons (Fsp3) is 0.462. The van der Waals surface area contributed by atoms with Crippen molar-refractivity contribution in [1.82, 2.24) is 0 Å². The number of sulfone groups is 1. The lowest BCUT2D eigenvalue weighted by atomic mass is 10.1. The molecule has 0 saturated carbocycles. The zero-order valence-electron chi connectivity index (χ0n) is 11.0. The van der Waals surface area contributed by atoms with E-state index >= 15 is 0 Å². The molecule has 0 bridgehead atoms. The smallest absolute Gasteiger partial charge is 0.265 e. The maximum Gasteiger partial charge on any atom is 0.265 e. The zero-order chi connectivity index (χ0) is 14.7. The van der Waals surface area contributed by atoms with Crippen molar-refractivity contribution < 1.29 is 18.3 Å². The Labute approximate surface area is 113 Å². The Bertz CT molecular complexity index is 539. The van der Waals surface area contributed by atoms with Gasteiger partial charge in [0.05, 0.1) is 5.75 Å². The Balaban J connectivity index is 2.95. The average molecular weight is 285 g/mol. The molecule has 1 atom stereocenters. The van der Waals surface area contributed by atoms with Gasteiger partial charge in [-0.05, 0) is 12.0 Å². The van der Waals surface area contributed by atoms with Crippen LogP contribution in [0.1, 0.15) is 19.4 Å². The predicted molar refractivity (Wildman–Crippen MR) is 72.9 cm³/mol. The topological polar surface area (TPSA) is 97.5 Å². The molecule has 1 unspecified atom stereocenters. The van der Waals surface area contributed by atoms with Crippen LogP contribution in [-0.2, 0) is 21.1 Å². The quantitative estimate of drug-likeness (QED) is 0.794. The second-order valence-corrected chi connectivity index (χ2v) is 7.03. The number of aliphatic hydroxyl groups is 1. The molecule has 1 aromatic carbocycles. The molecule has 5 nitrogen and oxygen atoms in total. The lowest BCUT2D eigenvalue weighted by molar-refractivity contribution is -0.131. The van der Waals surface area contributed by atoms with E-state index in [4.69, 9.17) is 5.73 Å². The molecule has 0 aliphatic carbocycles. The van der Waals surface area contributed by atoms with Crippen LogP contribution in [0, 0.1) is 5.92 Å². The lowest BCUT2D eigenvalue weighted by Gasteiger charge is -2.28. The molecule has 0 spiro atoms. The van der Waals surface area contributed by atoms with Crippen LogP contribution < -0.4 is 5.73 Å². The Hall–Kier alpha value is -1.40. The van der Waals surface area contributed by atoms with Gasteiger partial charge in [0.25, 0.3) is 5.91 Å². The molecule has 0 aromatic heterocycles. The third-order valence-electron chi connectivity index (χ3n) is 3.11. The summed E-state index contributed by atoms with van der Waals surface area (Å²) in [6, 6.07) is 8.99. The van der Waals surface area contributed by atoms with Crippen LogP contribution in [0.5, 0.6) is 0 Å². The largest absolute Gasteiger partial charge is 0.367 e. The molecule has 3 N–H and O–H groups in total. The van der Waals surface area contributed by atoms with Gasteiger partial charge in [-0.3, -0.25) is 4.79 Å². The highest BCUT2D eigenvalue weighted by Crippen LogP contribution is 2.25.